The van der Waals surface area contributed by atoms with E-state index in [0.29, 0.717) is 18.0 Å². The van der Waals surface area contributed by atoms with Gasteiger partial charge >= 0.3 is 0 Å². The molecule has 0 unspecified atom stereocenters. The van der Waals surface area contributed by atoms with Crippen molar-refractivity contribution in [3.63, 3.8) is 0 Å². The van der Waals surface area contributed by atoms with Crippen LogP contribution >= 0.6 is 11.3 Å². The van der Waals surface area contributed by atoms with Gasteiger partial charge in [0, 0.05) is 0 Å². The maximum atomic E-state index is 12.7. The normalized spacial score (nSPS) is 17.1. The van der Waals surface area contributed by atoms with Crippen molar-refractivity contribution >= 4 is 31.6 Å². The summed E-state index contributed by atoms with van der Waals surface area (Å²) in [7, 11) is -3.37. The zero-order chi connectivity index (χ0) is 17.3. The highest BCUT2D eigenvalue weighted by Gasteiger charge is 2.30. The second-order valence-corrected chi connectivity index (χ2v) is 9.27. The third kappa shape index (κ3) is 3.46. The van der Waals surface area contributed by atoms with Crippen LogP contribution in [0.3, 0.4) is 0 Å². The Hall–Kier alpha value is -1.80. The molecule has 2 aromatic carbocycles. The van der Waals surface area contributed by atoms with Crippen LogP contribution in [0.2, 0.25) is 0 Å². The van der Waals surface area contributed by atoms with Gasteiger partial charge in [0.2, 0.25) is 10.0 Å². The third-order valence-electron chi connectivity index (χ3n) is 4.55. The molecule has 0 radical (unpaired) electrons. The molecular weight excluding hydrogens is 354 g/mol. The summed E-state index contributed by atoms with van der Waals surface area (Å²) in [5.74, 6) is 0. The van der Waals surface area contributed by atoms with Gasteiger partial charge < -0.3 is 4.90 Å². The molecule has 0 atom stereocenters. The molecule has 0 bridgehead atoms. The van der Waals surface area contributed by atoms with Gasteiger partial charge in [0.15, 0.2) is 0 Å². The molecule has 1 aliphatic heterocycles. The van der Waals surface area contributed by atoms with Crippen molar-refractivity contribution in [1.29, 1.82) is 0 Å². The maximum Gasteiger partial charge on any atom is 0.243 e. The summed E-state index contributed by atoms with van der Waals surface area (Å²) in [6.45, 7) is 3.58. The van der Waals surface area contributed by atoms with E-state index in [0.717, 1.165) is 30.2 Å². The van der Waals surface area contributed by atoms with Crippen LogP contribution in [0.5, 0.6) is 0 Å². The van der Waals surface area contributed by atoms with Gasteiger partial charge in [-0.15, -0.1) is 11.3 Å². The van der Waals surface area contributed by atoms with Gasteiger partial charge in [-0.2, -0.15) is 4.31 Å². The lowest BCUT2D eigenvalue weighted by Crippen LogP contribution is -3.13. The Morgan fingerprint density at radius 2 is 1.68 bits per heavy atom. The zero-order valence-corrected chi connectivity index (χ0v) is 15.4. The van der Waals surface area contributed by atoms with Crippen LogP contribution < -0.4 is 4.90 Å². The van der Waals surface area contributed by atoms with E-state index < -0.39 is 10.0 Å². The largest absolute Gasteiger partial charge is 0.327 e. The topological polar surface area (TPSA) is 54.7 Å². The molecule has 1 aromatic heterocycles. The first kappa shape index (κ1) is 16.7. The molecule has 130 valence electrons. The summed E-state index contributed by atoms with van der Waals surface area (Å²) in [5.41, 5.74) is 1.05. The highest BCUT2D eigenvalue weighted by molar-refractivity contribution is 7.89. The number of hydrogen-bond donors (Lipinski definition) is 1. The van der Waals surface area contributed by atoms with Crippen LogP contribution in [-0.2, 0) is 16.6 Å². The molecule has 0 saturated carbocycles. The average Bonchev–Trinajstić information content (AvgIpc) is 3.05. The van der Waals surface area contributed by atoms with Crippen molar-refractivity contribution in [2.45, 2.75) is 11.4 Å². The van der Waals surface area contributed by atoms with Crippen molar-refractivity contribution in [2.24, 2.45) is 0 Å². The van der Waals surface area contributed by atoms with E-state index in [1.54, 1.807) is 39.9 Å². The van der Waals surface area contributed by atoms with E-state index in [1.807, 2.05) is 24.3 Å². The second-order valence-electron chi connectivity index (χ2n) is 6.22. The lowest BCUT2D eigenvalue weighted by atomic mass is 10.3. The molecule has 5 nitrogen and oxygen atoms in total. The summed E-state index contributed by atoms with van der Waals surface area (Å²) >= 11 is 1.73. The fourth-order valence-corrected chi connectivity index (χ4v) is 5.67. The number of para-hydroxylation sites is 1. The number of nitrogens with one attached hydrogen (secondary N) is 1. The van der Waals surface area contributed by atoms with E-state index in [1.165, 1.54) is 9.60 Å². The van der Waals surface area contributed by atoms with E-state index in [4.69, 9.17) is 0 Å². The molecule has 2 heterocycles. The second kappa shape index (κ2) is 6.84. The minimum atomic E-state index is -3.37. The van der Waals surface area contributed by atoms with Crippen LogP contribution in [0.1, 0.15) is 5.01 Å². The minimum absolute atomic E-state index is 0.379. The van der Waals surface area contributed by atoms with Crippen molar-refractivity contribution in [2.75, 3.05) is 26.2 Å². The Bertz CT molecular complexity index is 929. The van der Waals surface area contributed by atoms with Crippen molar-refractivity contribution in [1.82, 2.24) is 9.29 Å². The predicted molar refractivity (Wildman–Crippen MR) is 99.2 cm³/mol. The Labute approximate surface area is 151 Å². The van der Waals surface area contributed by atoms with E-state index in [9.17, 15) is 8.42 Å². The number of piperazine rings is 1. The molecule has 0 spiro atoms. The highest BCUT2D eigenvalue weighted by Crippen LogP contribution is 2.21. The van der Waals surface area contributed by atoms with Crippen LogP contribution in [0, 0.1) is 0 Å². The summed E-state index contributed by atoms with van der Waals surface area (Å²) in [5, 5.41) is 1.12. The lowest BCUT2D eigenvalue weighted by molar-refractivity contribution is -0.917. The molecule has 7 heteroatoms. The van der Waals surface area contributed by atoms with E-state index >= 15 is 0 Å². The quantitative estimate of drug-likeness (QED) is 0.751. The Morgan fingerprint density at radius 1 is 1.00 bits per heavy atom. The van der Waals surface area contributed by atoms with Crippen LogP contribution in [0.25, 0.3) is 10.2 Å². The van der Waals surface area contributed by atoms with Gasteiger partial charge in [-0.25, -0.2) is 13.4 Å². The number of aromatic nitrogens is 1. The minimum Gasteiger partial charge on any atom is -0.327 e. The number of nitrogens with zero attached hydrogens (tertiary/aromatic N) is 2. The molecule has 25 heavy (non-hydrogen) atoms. The molecular formula is C18H20N3O2S2+. The zero-order valence-electron chi connectivity index (χ0n) is 13.8. The fourth-order valence-electron chi connectivity index (χ4n) is 3.17. The molecule has 0 aliphatic carbocycles. The summed E-state index contributed by atoms with van der Waals surface area (Å²) < 4.78 is 28.2. The number of benzene rings is 2. The number of fused-ring (bicyclic) bond motifs is 1. The van der Waals surface area contributed by atoms with Crippen molar-refractivity contribution in [3.05, 3.63) is 59.6 Å². The Morgan fingerprint density at radius 3 is 2.40 bits per heavy atom. The van der Waals surface area contributed by atoms with Gasteiger partial charge in [-0.1, -0.05) is 30.3 Å². The first-order valence-electron chi connectivity index (χ1n) is 8.36. The van der Waals surface area contributed by atoms with Gasteiger partial charge in [0.05, 0.1) is 41.3 Å². The molecule has 1 fully saturated rings. The summed E-state index contributed by atoms with van der Waals surface area (Å²) in [6, 6.07) is 16.9. The lowest BCUT2D eigenvalue weighted by Gasteiger charge is -2.31. The number of rotatable bonds is 4. The summed E-state index contributed by atoms with van der Waals surface area (Å²) in [4.78, 5) is 6.45. The standard InChI is InChI=1S/C18H19N3O2S2/c22-25(23,15-6-2-1-3-7-15)21-12-10-20(11-13-21)14-18-19-16-8-4-5-9-17(16)24-18/h1-9H,10-14H2/p+1. The first-order valence-corrected chi connectivity index (χ1v) is 10.6. The van der Waals surface area contributed by atoms with Crippen LogP contribution in [-0.4, -0.2) is 43.9 Å². The SMILES string of the molecule is O=S(=O)(c1ccccc1)N1CC[NH+](Cc2nc3ccccc3s2)CC1. The highest BCUT2D eigenvalue weighted by atomic mass is 32.2. The average molecular weight is 375 g/mol. The smallest absolute Gasteiger partial charge is 0.243 e. The van der Waals surface area contributed by atoms with Gasteiger partial charge in [-0.3, -0.25) is 0 Å². The number of sulfonamides is 1. The Balaban J connectivity index is 1.41. The van der Waals surface area contributed by atoms with Crippen LogP contribution in [0.4, 0.5) is 0 Å². The molecule has 4 rings (SSSR count). The van der Waals surface area contributed by atoms with Crippen molar-refractivity contribution < 1.29 is 13.3 Å². The fraction of sp³-hybridized carbons (Fsp3) is 0.278. The molecule has 1 aliphatic rings. The van der Waals surface area contributed by atoms with E-state index in [-0.39, 0.29) is 0 Å². The van der Waals surface area contributed by atoms with Crippen LogP contribution in [0.15, 0.2) is 59.5 Å². The van der Waals surface area contributed by atoms with Gasteiger partial charge in [0.25, 0.3) is 0 Å². The molecule has 3 aromatic rings. The molecule has 0 amide bonds. The first-order chi connectivity index (χ1) is 12.1. The monoisotopic (exact) mass is 374 g/mol. The number of thiazole rings is 1. The maximum absolute atomic E-state index is 12.7. The Kier molecular flexibility index (Phi) is 4.56. The molecule has 1 saturated heterocycles. The van der Waals surface area contributed by atoms with Crippen molar-refractivity contribution in [3.8, 4) is 0 Å². The van der Waals surface area contributed by atoms with Gasteiger partial charge in [-0.05, 0) is 24.3 Å². The number of quaternary nitrogens is 1. The predicted octanol–water partition coefficient (Wildman–Crippen LogP) is 1.39. The number of hydrogen-bond acceptors (Lipinski definition) is 4. The van der Waals surface area contributed by atoms with E-state index in [2.05, 4.69) is 11.1 Å². The third-order valence-corrected chi connectivity index (χ3v) is 7.50. The summed E-state index contributed by atoms with van der Waals surface area (Å²) in [6.07, 6.45) is 0. The van der Waals surface area contributed by atoms with Gasteiger partial charge in [0.1, 0.15) is 11.6 Å². The molecule has 1 N–H and O–H groups in total.